The van der Waals surface area contributed by atoms with Crippen LogP contribution in [0, 0.1) is 0 Å². The van der Waals surface area contributed by atoms with Gasteiger partial charge in [0.05, 0.1) is 21.3 Å². The summed E-state index contributed by atoms with van der Waals surface area (Å²) >= 11 is 0. The molecular formula is C18H18O6. The first kappa shape index (κ1) is 17.2. The molecule has 6 nitrogen and oxygen atoms in total. The van der Waals surface area contributed by atoms with Gasteiger partial charge in [0.1, 0.15) is 22.8 Å². The zero-order valence-corrected chi connectivity index (χ0v) is 13.6. The minimum absolute atomic E-state index is 0.0306. The van der Waals surface area contributed by atoms with E-state index >= 15 is 0 Å². The fourth-order valence-electron chi connectivity index (χ4n) is 2.17. The smallest absolute Gasteiger partial charge is 0.193 e. The van der Waals surface area contributed by atoms with Gasteiger partial charge in [-0.25, -0.2) is 0 Å². The van der Waals surface area contributed by atoms with Crippen LogP contribution < -0.4 is 14.2 Å². The maximum absolute atomic E-state index is 12.4. The first-order chi connectivity index (χ1) is 11.5. The highest BCUT2D eigenvalue weighted by molar-refractivity contribution is 6.10. The molecule has 0 aromatic heterocycles. The number of aromatic hydroxyl groups is 2. The Balaban J connectivity index is 2.31. The van der Waals surface area contributed by atoms with Crippen molar-refractivity contribution in [2.45, 2.75) is 0 Å². The Kier molecular flexibility index (Phi) is 5.31. The van der Waals surface area contributed by atoms with Crippen LogP contribution >= 0.6 is 0 Å². The summed E-state index contributed by atoms with van der Waals surface area (Å²) in [7, 11) is 4.30. The van der Waals surface area contributed by atoms with Crippen LogP contribution in [-0.4, -0.2) is 37.3 Å². The maximum Gasteiger partial charge on any atom is 0.193 e. The summed E-state index contributed by atoms with van der Waals surface area (Å²) in [6, 6.07) is 7.59. The second kappa shape index (κ2) is 7.41. The molecule has 2 rings (SSSR count). The molecule has 0 fully saturated rings. The fraction of sp³-hybridized carbons (Fsp3) is 0.167. The summed E-state index contributed by atoms with van der Waals surface area (Å²) in [5, 5.41) is 19.8. The Hall–Kier alpha value is -3.15. The van der Waals surface area contributed by atoms with Crippen molar-refractivity contribution in [2.75, 3.05) is 21.3 Å². The number of carbonyl (C=O) groups excluding carboxylic acids is 1. The van der Waals surface area contributed by atoms with Crippen LogP contribution in [0.15, 0.2) is 36.4 Å². The van der Waals surface area contributed by atoms with Gasteiger partial charge in [-0.1, -0.05) is 12.1 Å². The molecule has 0 aliphatic rings. The van der Waals surface area contributed by atoms with Crippen LogP contribution in [0.5, 0.6) is 28.7 Å². The molecule has 2 aromatic carbocycles. The Labute approximate surface area is 139 Å². The van der Waals surface area contributed by atoms with E-state index in [9.17, 15) is 15.0 Å². The number of rotatable bonds is 6. The van der Waals surface area contributed by atoms with Crippen LogP contribution in [0.4, 0.5) is 0 Å². The summed E-state index contributed by atoms with van der Waals surface area (Å²) in [5.41, 5.74) is 0.640. The van der Waals surface area contributed by atoms with Gasteiger partial charge in [-0.15, -0.1) is 0 Å². The molecule has 0 heterocycles. The highest BCUT2D eigenvalue weighted by Crippen LogP contribution is 2.34. The van der Waals surface area contributed by atoms with E-state index in [4.69, 9.17) is 14.2 Å². The van der Waals surface area contributed by atoms with Crippen molar-refractivity contribution < 1.29 is 29.2 Å². The molecule has 0 saturated heterocycles. The van der Waals surface area contributed by atoms with Crippen molar-refractivity contribution in [3.8, 4) is 28.7 Å². The van der Waals surface area contributed by atoms with Crippen molar-refractivity contribution >= 4 is 11.9 Å². The van der Waals surface area contributed by atoms with E-state index in [1.807, 2.05) is 0 Å². The highest BCUT2D eigenvalue weighted by atomic mass is 16.5. The third kappa shape index (κ3) is 3.60. The summed E-state index contributed by atoms with van der Waals surface area (Å²) in [5.74, 6) is 0.217. The average Bonchev–Trinajstić information content (AvgIpc) is 2.58. The van der Waals surface area contributed by atoms with Crippen LogP contribution in [0.3, 0.4) is 0 Å². The van der Waals surface area contributed by atoms with Gasteiger partial charge < -0.3 is 24.4 Å². The monoisotopic (exact) mass is 330 g/mol. The summed E-state index contributed by atoms with van der Waals surface area (Å²) in [4.78, 5) is 12.4. The number of hydrogen-bond donors (Lipinski definition) is 2. The van der Waals surface area contributed by atoms with Crippen molar-refractivity contribution in [1.82, 2.24) is 0 Å². The number of allylic oxidation sites excluding steroid dienone is 1. The topological polar surface area (TPSA) is 85.2 Å². The molecule has 2 N–H and O–H groups in total. The number of ether oxygens (including phenoxy) is 3. The SMILES string of the molecule is COc1cc(O)c(C(=O)/C=C/c2ccc(OC)c(O)c2)c(OC)c1. The van der Waals surface area contributed by atoms with Gasteiger partial charge in [0, 0.05) is 12.1 Å². The molecule has 2 aromatic rings. The van der Waals surface area contributed by atoms with Gasteiger partial charge >= 0.3 is 0 Å². The summed E-state index contributed by atoms with van der Waals surface area (Å²) in [6.07, 6.45) is 2.80. The van der Waals surface area contributed by atoms with Gasteiger partial charge in [0.2, 0.25) is 0 Å². The lowest BCUT2D eigenvalue weighted by Gasteiger charge is -2.10. The van der Waals surface area contributed by atoms with Gasteiger partial charge in [0.15, 0.2) is 17.3 Å². The van der Waals surface area contributed by atoms with Crippen molar-refractivity contribution in [2.24, 2.45) is 0 Å². The fourth-order valence-corrected chi connectivity index (χ4v) is 2.17. The van der Waals surface area contributed by atoms with E-state index in [1.54, 1.807) is 12.1 Å². The van der Waals surface area contributed by atoms with Crippen LogP contribution in [0.25, 0.3) is 6.08 Å². The zero-order chi connectivity index (χ0) is 17.7. The van der Waals surface area contributed by atoms with E-state index in [-0.39, 0.29) is 22.8 Å². The second-order valence-corrected chi connectivity index (χ2v) is 4.85. The third-order valence-corrected chi connectivity index (χ3v) is 3.39. The van der Waals surface area contributed by atoms with Crippen LogP contribution in [-0.2, 0) is 0 Å². The van der Waals surface area contributed by atoms with Crippen molar-refractivity contribution in [3.63, 3.8) is 0 Å². The van der Waals surface area contributed by atoms with E-state index in [1.165, 1.54) is 51.7 Å². The molecule has 0 aliphatic heterocycles. The summed E-state index contributed by atoms with van der Waals surface area (Å²) in [6.45, 7) is 0. The van der Waals surface area contributed by atoms with Gasteiger partial charge in [-0.2, -0.15) is 0 Å². The number of phenolic OH excluding ortho intramolecular Hbond substituents is 2. The number of ketones is 1. The number of benzene rings is 2. The molecule has 0 saturated carbocycles. The Morgan fingerprint density at radius 3 is 2.21 bits per heavy atom. The van der Waals surface area contributed by atoms with Crippen molar-refractivity contribution in [3.05, 3.63) is 47.5 Å². The van der Waals surface area contributed by atoms with Crippen molar-refractivity contribution in [1.29, 1.82) is 0 Å². The standard InChI is InChI=1S/C18H18O6/c1-22-12-9-15(21)18(17(10-12)24-3)13(19)6-4-11-5-7-16(23-2)14(20)8-11/h4-10,20-21H,1-3H3/b6-4+. The molecule has 126 valence electrons. The molecule has 0 atom stereocenters. The molecule has 0 unspecified atom stereocenters. The minimum atomic E-state index is -0.442. The van der Waals surface area contributed by atoms with Gasteiger partial charge in [-0.05, 0) is 23.8 Å². The molecule has 0 bridgehead atoms. The quantitative estimate of drug-likeness (QED) is 0.625. The molecule has 6 heteroatoms. The molecule has 24 heavy (non-hydrogen) atoms. The Morgan fingerprint density at radius 2 is 1.62 bits per heavy atom. The number of methoxy groups -OCH3 is 3. The molecule has 0 amide bonds. The predicted molar refractivity (Wildman–Crippen MR) is 89.2 cm³/mol. The van der Waals surface area contributed by atoms with E-state index in [0.29, 0.717) is 17.1 Å². The zero-order valence-electron chi connectivity index (χ0n) is 13.6. The molecule has 0 spiro atoms. The number of carbonyl (C=O) groups is 1. The lowest BCUT2D eigenvalue weighted by atomic mass is 10.1. The number of hydrogen-bond acceptors (Lipinski definition) is 6. The first-order valence-corrected chi connectivity index (χ1v) is 7.04. The third-order valence-electron chi connectivity index (χ3n) is 3.39. The summed E-state index contributed by atoms with van der Waals surface area (Å²) < 4.78 is 15.1. The average molecular weight is 330 g/mol. The predicted octanol–water partition coefficient (Wildman–Crippen LogP) is 3.02. The Morgan fingerprint density at radius 1 is 0.917 bits per heavy atom. The Bertz CT molecular complexity index is 779. The van der Waals surface area contributed by atoms with E-state index in [2.05, 4.69) is 0 Å². The highest BCUT2D eigenvalue weighted by Gasteiger charge is 2.17. The first-order valence-electron chi connectivity index (χ1n) is 7.04. The second-order valence-electron chi connectivity index (χ2n) is 4.85. The largest absolute Gasteiger partial charge is 0.507 e. The molecular weight excluding hydrogens is 312 g/mol. The normalized spacial score (nSPS) is 10.6. The van der Waals surface area contributed by atoms with Gasteiger partial charge in [-0.3, -0.25) is 4.79 Å². The lowest BCUT2D eigenvalue weighted by molar-refractivity contribution is 0.104. The minimum Gasteiger partial charge on any atom is -0.507 e. The van der Waals surface area contributed by atoms with E-state index in [0.717, 1.165) is 0 Å². The maximum atomic E-state index is 12.4. The lowest BCUT2D eigenvalue weighted by Crippen LogP contribution is -2.00. The van der Waals surface area contributed by atoms with Crippen LogP contribution in [0.2, 0.25) is 0 Å². The van der Waals surface area contributed by atoms with Crippen LogP contribution in [0.1, 0.15) is 15.9 Å². The van der Waals surface area contributed by atoms with Gasteiger partial charge in [0.25, 0.3) is 0 Å². The van der Waals surface area contributed by atoms with E-state index < -0.39 is 5.78 Å². The number of phenols is 2. The molecule has 0 aliphatic carbocycles. The molecule has 0 radical (unpaired) electrons.